The van der Waals surface area contributed by atoms with E-state index in [9.17, 15) is 14.9 Å². The maximum Gasteiger partial charge on any atom is 0.269 e. The Morgan fingerprint density at radius 2 is 1.78 bits per heavy atom. The predicted octanol–water partition coefficient (Wildman–Crippen LogP) is 3.98. The Morgan fingerprint density at radius 1 is 1.15 bits per heavy atom. The highest BCUT2D eigenvalue weighted by molar-refractivity contribution is 5.76. The lowest BCUT2D eigenvalue weighted by atomic mass is 10.1. The fourth-order valence-corrected chi connectivity index (χ4v) is 2.57. The number of rotatable bonds is 9. The number of amides is 1. The molecule has 0 spiro atoms. The molecule has 0 bridgehead atoms. The Bertz CT molecular complexity index is 776. The number of carbonyl (C=O) groups excluding carboxylic acids is 1. The first-order chi connectivity index (χ1) is 12.9. The summed E-state index contributed by atoms with van der Waals surface area (Å²) in [6.45, 7) is 4.61. The van der Waals surface area contributed by atoms with Gasteiger partial charge in [-0.25, -0.2) is 0 Å². The molecule has 7 nitrogen and oxygen atoms in total. The zero-order chi connectivity index (χ0) is 19.8. The van der Waals surface area contributed by atoms with Crippen LogP contribution in [-0.2, 0) is 4.79 Å². The van der Waals surface area contributed by atoms with Gasteiger partial charge in [0.15, 0.2) is 0 Å². The molecule has 0 aliphatic heterocycles. The van der Waals surface area contributed by atoms with E-state index in [1.165, 1.54) is 12.1 Å². The van der Waals surface area contributed by atoms with Gasteiger partial charge in [0.05, 0.1) is 30.6 Å². The SMILES string of the molecule is CCOc1ccc(OCCC(=O)N(C)[C@@H](C)c2cccc([N+](=O)[O-])c2)cc1. The van der Waals surface area contributed by atoms with Crippen LogP contribution in [0.4, 0.5) is 5.69 Å². The fraction of sp³-hybridized carbons (Fsp3) is 0.350. The number of benzene rings is 2. The normalized spacial score (nSPS) is 11.5. The Kier molecular flexibility index (Phi) is 7.16. The van der Waals surface area contributed by atoms with Crippen molar-refractivity contribution in [1.82, 2.24) is 4.90 Å². The van der Waals surface area contributed by atoms with E-state index in [1.54, 1.807) is 36.2 Å². The molecule has 2 aromatic rings. The summed E-state index contributed by atoms with van der Waals surface area (Å²) in [6, 6.07) is 13.3. The van der Waals surface area contributed by atoms with Crippen molar-refractivity contribution >= 4 is 11.6 Å². The third kappa shape index (κ3) is 5.70. The minimum Gasteiger partial charge on any atom is -0.494 e. The molecule has 0 fully saturated rings. The van der Waals surface area contributed by atoms with Gasteiger partial charge in [-0.2, -0.15) is 0 Å². The van der Waals surface area contributed by atoms with Gasteiger partial charge >= 0.3 is 0 Å². The van der Waals surface area contributed by atoms with Gasteiger partial charge in [0.2, 0.25) is 5.91 Å². The minimum atomic E-state index is -0.442. The van der Waals surface area contributed by atoms with Crippen molar-refractivity contribution in [3.05, 3.63) is 64.2 Å². The molecule has 0 saturated heterocycles. The van der Waals surface area contributed by atoms with Crippen LogP contribution in [0.2, 0.25) is 0 Å². The molecule has 27 heavy (non-hydrogen) atoms. The molecule has 1 atom stereocenters. The Hall–Kier alpha value is -3.09. The van der Waals surface area contributed by atoms with Crippen molar-refractivity contribution in [1.29, 1.82) is 0 Å². The minimum absolute atomic E-state index is 0.0130. The Morgan fingerprint density at radius 3 is 2.37 bits per heavy atom. The summed E-state index contributed by atoms with van der Waals surface area (Å²) in [6.07, 6.45) is 0.211. The number of nitro groups is 1. The molecule has 0 aliphatic carbocycles. The number of hydrogen-bond acceptors (Lipinski definition) is 5. The first kappa shape index (κ1) is 20.2. The highest BCUT2D eigenvalue weighted by atomic mass is 16.6. The van der Waals surface area contributed by atoms with Crippen LogP contribution in [0, 0.1) is 10.1 Å². The highest BCUT2D eigenvalue weighted by Crippen LogP contribution is 2.23. The van der Waals surface area contributed by atoms with Gasteiger partial charge in [0, 0.05) is 19.2 Å². The molecule has 0 saturated carbocycles. The topological polar surface area (TPSA) is 81.9 Å². The van der Waals surface area contributed by atoms with Crippen molar-refractivity contribution in [2.24, 2.45) is 0 Å². The smallest absolute Gasteiger partial charge is 0.269 e. The lowest BCUT2D eigenvalue weighted by Gasteiger charge is -2.25. The van der Waals surface area contributed by atoms with Gasteiger partial charge in [-0.1, -0.05) is 12.1 Å². The molecular weight excluding hydrogens is 348 g/mol. The second-order valence-corrected chi connectivity index (χ2v) is 6.04. The number of nitrogens with zero attached hydrogens (tertiary/aromatic N) is 2. The largest absolute Gasteiger partial charge is 0.494 e. The van der Waals surface area contributed by atoms with Gasteiger partial charge in [0.25, 0.3) is 5.69 Å². The van der Waals surface area contributed by atoms with Gasteiger partial charge < -0.3 is 14.4 Å². The van der Waals surface area contributed by atoms with E-state index in [2.05, 4.69) is 0 Å². The molecule has 2 rings (SSSR count). The Labute approximate surface area is 158 Å². The van der Waals surface area contributed by atoms with E-state index < -0.39 is 4.92 Å². The van der Waals surface area contributed by atoms with Crippen LogP contribution in [0.15, 0.2) is 48.5 Å². The molecule has 2 aromatic carbocycles. The quantitative estimate of drug-likeness (QED) is 0.491. The highest BCUT2D eigenvalue weighted by Gasteiger charge is 2.19. The van der Waals surface area contributed by atoms with Crippen molar-refractivity contribution < 1.29 is 19.2 Å². The summed E-state index contributed by atoms with van der Waals surface area (Å²) in [5, 5.41) is 10.9. The van der Waals surface area contributed by atoms with Crippen LogP contribution in [-0.4, -0.2) is 36.0 Å². The van der Waals surface area contributed by atoms with Crippen LogP contribution < -0.4 is 9.47 Å². The first-order valence-electron chi connectivity index (χ1n) is 8.78. The predicted molar refractivity (Wildman–Crippen MR) is 102 cm³/mol. The number of non-ortho nitro benzene ring substituents is 1. The standard InChI is InChI=1S/C20H24N2O5/c1-4-26-18-8-10-19(11-9-18)27-13-12-20(23)21(3)15(2)16-6-5-7-17(14-16)22(24)25/h5-11,14-15H,4,12-13H2,1-3H3/t15-/m0/s1. The molecular formula is C20H24N2O5. The third-order valence-electron chi connectivity index (χ3n) is 4.26. The van der Waals surface area contributed by atoms with Crippen molar-refractivity contribution in [2.75, 3.05) is 20.3 Å². The van der Waals surface area contributed by atoms with E-state index >= 15 is 0 Å². The van der Waals surface area contributed by atoms with E-state index in [0.29, 0.717) is 17.9 Å². The van der Waals surface area contributed by atoms with Crippen molar-refractivity contribution in [2.45, 2.75) is 26.3 Å². The van der Waals surface area contributed by atoms with Gasteiger partial charge in [-0.15, -0.1) is 0 Å². The summed E-state index contributed by atoms with van der Waals surface area (Å²) in [5.41, 5.74) is 0.728. The van der Waals surface area contributed by atoms with Gasteiger partial charge in [-0.05, 0) is 43.7 Å². The summed E-state index contributed by atoms with van der Waals surface area (Å²) in [4.78, 5) is 24.4. The first-order valence-corrected chi connectivity index (χ1v) is 8.78. The van der Waals surface area contributed by atoms with Crippen LogP contribution in [0.5, 0.6) is 11.5 Å². The molecule has 144 valence electrons. The average Bonchev–Trinajstić information content (AvgIpc) is 2.68. The zero-order valence-corrected chi connectivity index (χ0v) is 15.8. The van der Waals surface area contributed by atoms with E-state index in [4.69, 9.17) is 9.47 Å². The van der Waals surface area contributed by atoms with Gasteiger partial charge in [0.1, 0.15) is 11.5 Å². The van der Waals surface area contributed by atoms with Crippen LogP contribution >= 0.6 is 0 Å². The molecule has 0 radical (unpaired) electrons. The maximum atomic E-state index is 12.4. The van der Waals surface area contributed by atoms with Crippen LogP contribution in [0.3, 0.4) is 0 Å². The number of carbonyl (C=O) groups is 1. The molecule has 1 amide bonds. The monoisotopic (exact) mass is 372 g/mol. The van der Waals surface area contributed by atoms with Crippen molar-refractivity contribution in [3.63, 3.8) is 0 Å². The summed E-state index contributed by atoms with van der Waals surface area (Å²) in [7, 11) is 1.68. The molecule has 0 unspecified atom stereocenters. The third-order valence-corrected chi connectivity index (χ3v) is 4.26. The number of ether oxygens (including phenoxy) is 2. The van der Waals surface area contributed by atoms with E-state index in [0.717, 1.165) is 5.75 Å². The lowest BCUT2D eigenvalue weighted by molar-refractivity contribution is -0.384. The number of nitro benzene ring substituents is 1. The summed E-state index contributed by atoms with van der Waals surface area (Å²) >= 11 is 0. The molecule has 0 aliphatic rings. The molecule has 7 heteroatoms. The summed E-state index contributed by atoms with van der Waals surface area (Å²) < 4.78 is 11.0. The molecule has 0 heterocycles. The fourth-order valence-electron chi connectivity index (χ4n) is 2.57. The van der Waals surface area contributed by atoms with Crippen LogP contribution in [0.25, 0.3) is 0 Å². The van der Waals surface area contributed by atoms with Crippen LogP contribution in [0.1, 0.15) is 31.9 Å². The zero-order valence-electron chi connectivity index (χ0n) is 15.8. The summed E-state index contributed by atoms with van der Waals surface area (Å²) in [5.74, 6) is 1.34. The second kappa shape index (κ2) is 9.56. The van der Waals surface area contributed by atoms with Crippen molar-refractivity contribution in [3.8, 4) is 11.5 Å². The van der Waals surface area contributed by atoms with Gasteiger partial charge in [-0.3, -0.25) is 14.9 Å². The number of hydrogen-bond donors (Lipinski definition) is 0. The average molecular weight is 372 g/mol. The van der Waals surface area contributed by atoms with E-state index in [1.807, 2.05) is 26.0 Å². The lowest BCUT2D eigenvalue weighted by Crippen LogP contribution is -2.30. The second-order valence-electron chi connectivity index (χ2n) is 6.04. The molecule has 0 N–H and O–H groups in total. The maximum absolute atomic E-state index is 12.4. The molecule has 0 aromatic heterocycles. The Balaban J connectivity index is 1.87. The van der Waals surface area contributed by atoms with E-state index in [-0.39, 0.29) is 30.7 Å².